The van der Waals surface area contributed by atoms with Gasteiger partial charge in [-0.05, 0) is 79.6 Å². The smallest absolute Gasteiger partial charge is 0.224 e. The highest BCUT2D eigenvalue weighted by atomic mass is 127. The summed E-state index contributed by atoms with van der Waals surface area (Å²) in [5, 5.41) is 7.40. The van der Waals surface area contributed by atoms with Crippen molar-refractivity contribution in [1.82, 2.24) is 14.6 Å². The zero-order chi connectivity index (χ0) is 17.3. The summed E-state index contributed by atoms with van der Waals surface area (Å²) in [6.07, 6.45) is 1.07. The second-order valence-corrected chi connectivity index (χ2v) is 7.12. The molecule has 0 aliphatic rings. The van der Waals surface area contributed by atoms with Crippen molar-refractivity contribution in [2.24, 2.45) is 0 Å². The number of hydrogen-bond donors (Lipinski definition) is 1. The molecule has 1 aromatic carbocycles. The summed E-state index contributed by atoms with van der Waals surface area (Å²) >= 11 is 2.24. The maximum absolute atomic E-state index is 12.2. The fraction of sp³-hybridized carbons (Fsp3) is 0.278. The number of amides is 1. The number of nitrogens with zero attached hydrogens (tertiary/aromatic N) is 3. The Morgan fingerprint density at radius 1 is 1.21 bits per heavy atom. The molecule has 0 atom stereocenters. The summed E-state index contributed by atoms with van der Waals surface area (Å²) in [6.45, 7) is 5.97. The standard InChI is InChI=1S/C18H19IN4O/c1-11-10-17-20-12(2)16(13(3)23(17)22-11)8-9-18(24)21-15-6-4-14(19)5-7-15/h4-7,10H,8-9H2,1-3H3,(H,21,24). The highest BCUT2D eigenvalue weighted by Gasteiger charge is 2.13. The molecule has 0 unspecified atom stereocenters. The van der Waals surface area contributed by atoms with Crippen LogP contribution in [0, 0.1) is 24.3 Å². The van der Waals surface area contributed by atoms with Crippen LogP contribution in [0.15, 0.2) is 30.3 Å². The van der Waals surface area contributed by atoms with Crippen LogP contribution >= 0.6 is 22.6 Å². The van der Waals surface area contributed by atoms with Crippen LogP contribution < -0.4 is 5.32 Å². The summed E-state index contributed by atoms with van der Waals surface area (Å²) in [5.41, 5.74) is 5.72. The molecule has 0 radical (unpaired) electrons. The van der Waals surface area contributed by atoms with Crippen molar-refractivity contribution in [3.05, 3.63) is 56.5 Å². The monoisotopic (exact) mass is 434 g/mol. The van der Waals surface area contributed by atoms with Gasteiger partial charge in [-0.15, -0.1) is 0 Å². The third-order valence-corrected chi connectivity index (χ3v) is 4.74. The van der Waals surface area contributed by atoms with E-state index in [1.165, 1.54) is 0 Å². The van der Waals surface area contributed by atoms with Crippen molar-refractivity contribution in [1.29, 1.82) is 0 Å². The Balaban J connectivity index is 1.73. The molecule has 3 aromatic rings. The molecule has 0 spiro atoms. The van der Waals surface area contributed by atoms with E-state index < -0.39 is 0 Å². The fourth-order valence-electron chi connectivity index (χ4n) is 2.80. The van der Waals surface area contributed by atoms with Gasteiger partial charge >= 0.3 is 0 Å². The highest BCUT2D eigenvalue weighted by Crippen LogP contribution is 2.18. The first-order valence-corrected chi connectivity index (χ1v) is 8.90. The first-order chi connectivity index (χ1) is 11.4. The molecule has 2 aromatic heterocycles. The summed E-state index contributed by atoms with van der Waals surface area (Å²) < 4.78 is 3.00. The molecule has 124 valence electrons. The third-order valence-electron chi connectivity index (χ3n) is 4.02. The molecule has 0 bridgehead atoms. The summed E-state index contributed by atoms with van der Waals surface area (Å²) in [7, 11) is 0. The van der Waals surface area contributed by atoms with E-state index in [-0.39, 0.29) is 5.91 Å². The molecule has 24 heavy (non-hydrogen) atoms. The number of nitrogens with one attached hydrogen (secondary N) is 1. The second kappa shape index (κ2) is 6.88. The SMILES string of the molecule is Cc1cc2nc(C)c(CCC(=O)Nc3ccc(I)cc3)c(C)n2n1. The van der Waals surface area contributed by atoms with Gasteiger partial charge in [0.2, 0.25) is 5.91 Å². The Hall–Kier alpha value is -1.96. The van der Waals surface area contributed by atoms with Crippen molar-refractivity contribution in [2.75, 3.05) is 5.32 Å². The largest absolute Gasteiger partial charge is 0.326 e. The van der Waals surface area contributed by atoms with E-state index in [1.807, 2.05) is 55.6 Å². The van der Waals surface area contributed by atoms with Crippen LogP contribution in [0.5, 0.6) is 0 Å². The van der Waals surface area contributed by atoms with Gasteiger partial charge in [0.05, 0.1) is 5.69 Å². The number of fused-ring (bicyclic) bond motifs is 1. The lowest BCUT2D eigenvalue weighted by atomic mass is 10.1. The molecule has 6 heteroatoms. The van der Waals surface area contributed by atoms with E-state index >= 15 is 0 Å². The van der Waals surface area contributed by atoms with Crippen LogP contribution in [0.3, 0.4) is 0 Å². The van der Waals surface area contributed by atoms with Gasteiger partial charge in [0.1, 0.15) is 0 Å². The molecule has 0 aliphatic heterocycles. The highest BCUT2D eigenvalue weighted by molar-refractivity contribution is 14.1. The van der Waals surface area contributed by atoms with Crippen molar-refractivity contribution < 1.29 is 4.79 Å². The minimum absolute atomic E-state index is 0.00625. The molecular formula is C18H19IN4O. The predicted octanol–water partition coefficient (Wildman–Crippen LogP) is 3.83. The number of aromatic nitrogens is 3. The lowest BCUT2D eigenvalue weighted by Crippen LogP contribution is -2.14. The molecule has 0 aliphatic carbocycles. The Labute approximate surface area is 154 Å². The number of carbonyl (C=O) groups excluding carboxylic acids is 1. The van der Waals surface area contributed by atoms with Crippen LogP contribution in [0.1, 0.15) is 29.1 Å². The minimum atomic E-state index is 0.00625. The van der Waals surface area contributed by atoms with Crippen LogP contribution in [0.25, 0.3) is 5.65 Å². The lowest BCUT2D eigenvalue weighted by Gasteiger charge is -2.11. The number of aryl methyl sites for hydroxylation is 3. The average molecular weight is 434 g/mol. The zero-order valence-corrected chi connectivity index (χ0v) is 16.1. The quantitative estimate of drug-likeness (QED) is 0.636. The van der Waals surface area contributed by atoms with Crippen molar-refractivity contribution >= 4 is 39.8 Å². The number of anilines is 1. The molecule has 2 heterocycles. The Morgan fingerprint density at radius 3 is 2.62 bits per heavy atom. The van der Waals surface area contributed by atoms with Gasteiger partial charge < -0.3 is 5.32 Å². The number of hydrogen-bond acceptors (Lipinski definition) is 3. The number of halogens is 1. The summed E-state index contributed by atoms with van der Waals surface area (Å²) in [4.78, 5) is 16.8. The lowest BCUT2D eigenvalue weighted by molar-refractivity contribution is -0.116. The van der Waals surface area contributed by atoms with E-state index in [0.717, 1.165) is 37.5 Å². The minimum Gasteiger partial charge on any atom is -0.326 e. The molecule has 0 saturated heterocycles. The van der Waals surface area contributed by atoms with Crippen LogP contribution in [-0.4, -0.2) is 20.5 Å². The number of rotatable bonds is 4. The van der Waals surface area contributed by atoms with Gasteiger partial charge in [0.15, 0.2) is 5.65 Å². The number of carbonyl (C=O) groups is 1. The Kier molecular flexibility index (Phi) is 4.84. The topological polar surface area (TPSA) is 59.3 Å². The zero-order valence-electron chi connectivity index (χ0n) is 13.9. The molecule has 5 nitrogen and oxygen atoms in total. The second-order valence-electron chi connectivity index (χ2n) is 5.87. The number of benzene rings is 1. The van der Waals surface area contributed by atoms with Gasteiger partial charge in [-0.2, -0.15) is 5.10 Å². The van der Waals surface area contributed by atoms with Crippen molar-refractivity contribution in [3.8, 4) is 0 Å². The maximum Gasteiger partial charge on any atom is 0.224 e. The Morgan fingerprint density at radius 2 is 1.92 bits per heavy atom. The predicted molar refractivity (Wildman–Crippen MR) is 103 cm³/mol. The first kappa shape index (κ1) is 16.9. The van der Waals surface area contributed by atoms with E-state index in [1.54, 1.807) is 0 Å². The van der Waals surface area contributed by atoms with Gasteiger partial charge in [-0.25, -0.2) is 9.50 Å². The Bertz CT molecular complexity index is 900. The van der Waals surface area contributed by atoms with Crippen LogP contribution in [0.4, 0.5) is 5.69 Å². The van der Waals surface area contributed by atoms with E-state index in [4.69, 9.17) is 0 Å². The van der Waals surface area contributed by atoms with Crippen LogP contribution in [-0.2, 0) is 11.2 Å². The molecule has 1 N–H and O–H groups in total. The van der Waals surface area contributed by atoms with Crippen molar-refractivity contribution in [3.63, 3.8) is 0 Å². The van der Waals surface area contributed by atoms with Crippen LogP contribution in [0.2, 0.25) is 0 Å². The third kappa shape index (κ3) is 3.58. The normalized spacial score (nSPS) is 11.0. The molecule has 0 saturated carbocycles. The molecule has 3 rings (SSSR count). The summed E-state index contributed by atoms with van der Waals surface area (Å²) in [5.74, 6) is 0.00625. The van der Waals surface area contributed by atoms with Gasteiger partial charge in [-0.3, -0.25) is 4.79 Å². The van der Waals surface area contributed by atoms with E-state index in [2.05, 4.69) is 38.0 Å². The maximum atomic E-state index is 12.2. The fourth-order valence-corrected chi connectivity index (χ4v) is 3.16. The van der Waals surface area contributed by atoms with E-state index in [9.17, 15) is 4.79 Å². The van der Waals surface area contributed by atoms with Gasteiger partial charge in [0, 0.05) is 33.1 Å². The first-order valence-electron chi connectivity index (χ1n) is 7.82. The van der Waals surface area contributed by atoms with E-state index in [0.29, 0.717) is 12.8 Å². The molecule has 0 fully saturated rings. The van der Waals surface area contributed by atoms with Gasteiger partial charge in [0.25, 0.3) is 0 Å². The van der Waals surface area contributed by atoms with Crippen molar-refractivity contribution in [2.45, 2.75) is 33.6 Å². The van der Waals surface area contributed by atoms with Gasteiger partial charge in [-0.1, -0.05) is 0 Å². The summed E-state index contributed by atoms with van der Waals surface area (Å²) in [6, 6.07) is 9.74. The molecule has 1 amide bonds. The average Bonchev–Trinajstić information content (AvgIpc) is 2.90. The molecular weight excluding hydrogens is 415 g/mol.